The van der Waals surface area contributed by atoms with Gasteiger partial charge in [0, 0.05) is 13.1 Å². The van der Waals surface area contributed by atoms with E-state index in [1.54, 1.807) is 18.2 Å². The second-order valence-corrected chi connectivity index (χ2v) is 4.88. The van der Waals surface area contributed by atoms with E-state index in [0.29, 0.717) is 41.9 Å². The molecule has 0 unspecified atom stereocenters. The van der Waals surface area contributed by atoms with Gasteiger partial charge in [-0.15, -0.1) is 0 Å². The van der Waals surface area contributed by atoms with Gasteiger partial charge in [-0.25, -0.2) is 0 Å². The lowest BCUT2D eigenvalue weighted by atomic mass is 10.1. The first-order chi connectivity index (χ1) is 8.59. The predicted octanol–water partition coefficient (Wildman–Crippen LogP) is 2.45. The highest BCUT2D eigenvalue weighted by atomic mass is 35.5. The highest BCUT2D eigenvalue weighted by Gasteiger charge is 2.29. The maximum Gasteiger partial charge on any atom is 0.325 e. The molecule has 0 saturated carbocycles. The molecule has 0 aromatic heterocycles. The molecule has 2 rings (SSSR count). The maximum absolute atomic E-state index is 11.4. The second-order valence-electron chi connectivity index (χ2n) is 4.06. The summed E-state index contributed by atoms with van der Waals surface area (Å²) in [6.45, 7) is 2.28. The van der Waals surface area contributed by atoms with Gasteiger partial charge in [-0.05, 0) is 17.7 Å². The van der Waals surface area contributed by atoms with E-state index in [1.807, 2.05) is 4.90 Å². The fourth-order valence-corrected chi connectivity index (χ4v) is 2.33. The minimum Gasteiger partial charge on any atom is -0.480 e. The van der Waals surface area contributed by atoms with Crippen LogP contribution in [-0.2, 0) is 9.53 Å². The molecule has 6 heteroatoms. The molecule has 1 aromatic rings. The first-order valence-electron chi connectivity index (χ1n) is 5.59. The quantitative estimate of drug-likeness (QED) is 0.929. The van der Waals surface area contributed by atoms with Crippen LogP contribution in [0.2, 0.25) is 10.0 Å². The number of hydrogen-bond acceptors (Lipinski definition) is 3. The number of benzene rings is 1. The van der Waals surface area contributed by atoms with Gasteiger partial charge in [-0.2, -0.15) is 0 Å². The maximum atomic E-state index is 11.4. The van der Waals surface area contributed by atoms with Crippen molar-refractivity contribution in [3.63, 3.8) is 0 Å². The van der Waals surface area contributed by atoms with Crippen LogP contribution in [0.4, 0.5) is 0 Å². The molecule has 1 aliphatic rings. The van der Waals surface area contributed by atoms with E-state index < -0.39 is 12.0 Å². The first kappa shape index (κ1) is 13.6. The molecule has 0 amide bonds. The fraction of sp³-hybridized carbons (Fsp3) is 0.417. The van der Waals surface area contributed by atoms with Gasteiger partial charge in [0.2, 0.25) is 0 Å². The minimum atomic E-state index is -0.893. The monoisotopic (exact) mass is 289 g/mol. The number of nitrogens with zero attached hydrogens (tertiary/aromatic N) is 1. The predicted molar refractivity (Wildman–Crippen MR) is 69.2 cm³/mol. The van der Waals surface area contributed by atoms with Gasteiger partial charge in [0.25, 0.3) is 0 Å². The Balaban J connectivity index is 2.28. The van der Waals surface area contributed by atoms with Crippen molar-refractivity contribution in [2.24, 2.45) is 0 Å². The lowest BCUT2D eigenvalue weighted by Gasteiger charge is -2.32. The molecule has 1 heterocycles. The Hall–Kier alpha value is -0.810. The number of carboxylic acid groups (broad SMARTS) is 1. The third-order valence-electron chi connectivity index (χ3n) is 2.90. The minimum absolute atomic E-state index is 0.369. The second kappa shape index (κ2) is 5.89. The number of hydrogen-bond donors (Lipinski definition) is 1. The number of aliphatic carboxylic acids is 1. The summed E-state index contributed by atoms with van der Waals surface area (Å²) in [6, 6.07) is 4.22. The molecule has 0 spiro atoms. The Labute approximate surface area is 115 Å². The van der Waals surface area contributed by atoms with Gasteiger partial charge in [0.1, 0.15) is 6.04 Å². The molecule has 18 heavy (non-hydrogen) atoms. The molecule has 0 radical (unpaired) electrons. The summed E-state index contributed by atoms with van der Waals surface area (Å²) < 4.78 is 5.23. The van der Waals surface area contributed by atoms with Crippen molar-refractivity contribution in [2.45, 2.75) is 6.04 Å². The van der Waals surface area contributed by atoms with E-state index in [9.17, 15) is 9.90 Å². The van der Waals surface area contributed by atoms with Crippen LogP contribution in [0, 0.1) is 0 Å². The van der Waals surface area contributed by atoms with Crippen molar-refractivity contribution in [3.8, 4) is 0 Å². The van der Waals surface area contributed by atoms with Gasteiger partial charge >= 0.3 is 5.97 Å². The highest BCUT2D eigenvalue weighted by Crippen LogP contribution is 2.29. The SMILES string of the molecule is O=C(O)[C@@H](c1ccc(Cl)c(Cl)c1)N1CCOCC1. The van der Waals surface area contributed by atoms with Crippen LogP contribution < -0.4 is 0 Å². The molecule has 4 nitrogen and oxygen atoms in total. The number of carboxylic acids is 1. The topological polar surface area (TPSA) is 49.8 Å². The van der Waals surface area contributed by atoms with E-state index in [1.165, 1.54) is 0 Å². The smallest absolute Gasteiger partial charge is 0.325 e. The Morgan fingerprint density at radius 1 is 1.28 bits per heavy atom. The highest BCUT2D eigenvalue weighted by molar-refractivity contribution is 6.42. The Morgan fingerprint density at radius 3 is 2.50 bits per heavy atom. The van der Waals surface area contributed by atoms with Crippen LogP contribution >= 0.6 is 23.2 Å². The third kappa shape index (κ3) is 2.95. The van der Waals surface area contributed by atoms with Crippen molar-refractivity contribution < 1.29 is 14.6 Å². The summed E-state index contributed by atoms with van der Waals surface area (Å²) in [6.07, 6.45) is 0. The molecule has 1 aromatic carbocycles. The zero-order valence-corrected chi connectivity index (χ0v) is 11.1. The van der Waals surface area contributed by atoms with Gasteiger partial charge < -0.3 is 9.84 Å². The molecule has 1 saturated heterocycles. The normalized spacial score (nSPS) is 18.6. The zero-order chi connectivity index (χ0) is 13.1. The molecule has 1 atom stereocenters. The van der Waals surface area contributed by atoms with Crippen molar-refractivity contribution in [1.29, 1.82) is 0 Å². The molecule has 0 bridgehead atoms. The van der Waals surface area contributed by atoms with Gasteiger partial charge in [0.05, 0.1) is 23.3 Å². The van der Waals surface area contributed by atoms with Gasteiger partial charge in [-0.1, -0.05) is 29.3 Å². The number of ether oxygens (including phenoxy) is 1. The summed E-state index contributed by atoms with van der Waals surface area (Å²) in [4.78, 5) is 13.3. The molecular formula is C12H13Cl2NO3. The van der Waals surface area contributed by atoms with E-state index in [0.717, 1.165) is 0 Å². The van der Waals surface area contributed by atoms with Crippen LogP contribution in [0.15, 0.2) is 18.2 Å². The van der Waals surface area contributed by atoms with Crippen molar-refractivity contribution >= 4 is 29.2 Å². The Morgan fingerprint density at radius 2 is 1.94 bits per heavy atom. The number of halogens is 2. The number of carbonyl (C=O) groups is 1. The largest absolute Gasteiger partial charge is 0.480 e. The molecule has 1 N–H and O–H groups in total. The third-order valence-corrected chi connectivity index (χ3v) is 3.64. The van der Waals surface area contributed by atoms with E-state index in [-0.39, 0.29) is 0 Å². The summed E-state index contributed by atoms with van der Waals surface area (Å²) in [5.74, 6) is -0.893. The number of rotatable bonds is 3. The van der Waals surface area contributed by atoms with Gasteiger partial charge in [0.15, 0.2) is 0 Å². The molecule has 1 aliphatic heterocycles. The average Bonchev–Trinajstić information content (AvgIpc) is 2.35. The Kier molecular flexibility index (Phi) is 4.45. The van der Waals surface area contributed by atoms with Crippen LogP contribution in [0.5, 0.6) is 0 Å². The van der Waals surface area contributed by atoms with Crippen molar-refractivity contribution in [2.75, 3.05) is 26.3 Å². The molecule has 0 aliphatic carbocycles. The lowest BCUT2D eigenvalue weighted by Crippen LogP contribution is -2.42. The standard InChI is InChI=1S/C12H13Cl2NO3/c13-9-2-1-8(7-10(9)14)11(12(16)17)15-3-5-18-6-4-15/h1-2,7,11H,3-6H2,(H,16,17)/t11-/m1/s1. The number of morpholine rings is 1. The van der Waals surface area contributed by atoms with E-state index in [2.05, 4.69) is 0 Å². The van der Waals surface area contributed by atoms with Crippen molar-refractivity contribution in [1.82, 2.24) is 4.90 Å². The lowest BCUT2D eigenvalue weighted by molar-refractivity contribution is -0.145. The van der Waals surface area contributed by atoms with E-state index >= 15 is 0 Å². The van der Waals surface area contributed by atoms with Crippen LogP contribution in [0.3, 0.4) is 0 Å². The fourth-order valence-electron chi connectivity index (χ4n) is 2.03. The zero-order valence-electron chi connectivity index (χ0n) is 9.60. The van der Waals surface area contributed by atoms with E-state index in [4.69, 9.17) is 27.9 Å². The summed E-state index contributed by atoms with van der Waals surface area (Å²) >= 11 is 11.8. The van der Waals surface area contributed by atoms with Crippen molar-refractivity contribution in [3.05, 3.63) is 33.8 Å². The summed E-state index contributed by atoms with van der Waals surface area (Å²) in [5, 5.41) is 10.2. The molecular weight excluding hydrogens is 277 g/mol. The summed E-state index contributed by atoms with van der Waals surface area (Å²) in [7, 11) is 0. The summed E-state index contributed by atoms with van der Waals surface area (Å²) in [5.41, 5.74) is 0.638. The van der Waals surface area contributed by atoms with Crippen LogP contribution in [-0.4, -0.2) is 42.3 Å². The Bertz CT molecular complexity index is 447. The molecule has 98 valence electrons. The average molecular weight is 290 g/mol. The first-order valence-corrected chi connectivity index (χ1v) is 6.35. The van der Waals surface area contributed by atoms with Gasteiger partial charge in [-0.3, -0.25) is 9.69 Å². The molecule has 1 fully saturated rings. The van der Waals surface area contributed by atoms with Crippen LogP contribution in [0.1, 0.15) is 11.6 Å². The van der Waals surface area contributed by atoms with Crippen LogP contribution in [0.25, 0.3) is 0 Å².